The molecule has 1 fully saturated rings. The van der Waals surface area contributed by atoms with Crippen LogP contribution in [0.3, 0.4) is 0 Å². The fourth-order valence-electron chi connectivity index (χ4n) is 3.12. The van der Waals surface area contributed by atoms with Crippen molar-refractivity contribution < 1.29 is 18.1 Å². The molecular weight excluding hydrogens is 406 g/mol. The largest absolute Gasteiger partial charge is 0.490 e. The van der Waals surface area contributed by atoms with Crippen molar-refractivity contribution >= 4 is 27.3 Å². The summed E-state index contributed by atoms with van der Waals surface area (Å²) < 4.78 is 32.1. The van der Waals surface area contributed by atoms with Crippen LogP contribution in [0.15, 0.2) is 47.4 Å². The van der Waals surface area contributed by atoms with Gasteiger partial charge in [0.1, 0.15) is 0 Å². The van der Waals surface area contributed by atoms with Crippen LogP contribution in [0.1, 0.15) is 5.56 Å². The number of piperazine rings is 1. The molecule has 0 bridgehead atoms. The maximum absolute atomic E-state index is 12.9. The summed E-state index contributed by atoms with van der Waals surface area (Å²) in [5, 5.41) is 11.9. The first kappa shape index (κ1) is 20.5. The van der Waals surface area contributed by atoms with Gasteiger partial charge in [0.15, 0.2) is 5.75 Å². The quantitative estimate of drug-likeness (QED) is 0.522. The smallest absolute Gasteiger partial charge is 0.312 e. The molecule has 1 saturated heterocycles. The molecule has 1 heterocycles. The molecule has 0 atom stereocenters. The Kier molecular flexibility index (Phi) is 6.19. The number of sulfonamides is 1. The van der Waals surface area contributed by atoms with Crippen LogP contribution in [-0.4, -0.2) is 55.8 Å². The molecule has 0 N–H and O–H groups in total. The van der Waals surface area contributed by atoms with Crippen molar-refractivity contribution in [2.75, 3.05) is 33.3 Å². The van der Waals surface area contributed by atoms with Crippen molar-refractivity contribution in [3.63, 3.8) is 0 Å². The number of ether oxygens (including phenoxy) is 1. The lowest BCUT2D eigenvalue weighted by atomic mass is 10.2. The van der Waals surface area contributed by atoms with Crippen LogP contribution in [0.4, 0.5) is 5.69 Å². The molecule has 0 spiro atoms. The second kappa shape index (κ2) is 8.44. The van der Waals surface area contributed by atoms with Crippen LogP contribution >= 0.6 is 11.6 Å². The molecule has 3 rings (SSSR count). The fraction of sp³-hybridized carbons (Fsp3) is 0.333. The van der Waals surface area contributed by atoms with E-state index in [0.717, 1.165) is 11.6 Å². The lowest BCUT2D eigenvalue weighted by Crippen LogP contribution is -2.48. The highest BCUT2D eigenvalue weighted by atomic mass is 35.5. The van der Waals surface area contributed by atoms with Crippen LogP contribution in [0.2, 0.25) is 5.02 Å². The van der Waals surface area contributed by atoms with Gasteiger partial charge in [0.05, 0.1) is 16.9 Å². The van der Waals surface area contributed by atoms with Crippen molar-refractivity contribution in [2.24, 2.45) is 0 Å². The highest BCUT2D eigenvalue weighted by Gasteiger charge is 2.30. The summed E-state index contributed by atoms with van der Waals surface area (Å²) in [6.45, 7) is 2.33. The van der Waals surface area contributed by atoms with Crippen molar-refractivity contribution in [3.05, 3.63) is 63.2 Å². The first-order chi connectivity index (χ1) is 13.3. The second-order valence-electron chi connectivity index (χ2n) is 6.36. The maximum Gasteiger partial charge on any atom is 0.312 e. The van der Waals surface area contributed by atoms with Gasteiger partial charge >= 0.3 is 5.69 Å². The molecule has 0 radical (unpaired) electrons. The molecule has 1 aliphatic heterocycles. The molecular formula is C18H20ClN3O5S. The van der Waals surface area contributed by atoms with Gasteiger partial charge in [-0.3, -0.25) is 15.0 Å². The summed E-state index contributed by atoms with van der Waals surface area (Å²) in [6, 6.07) is 11.2. The summed E-state index contributed by atoms with van der Waals surface area (Å²) in [5.74, 6) is 0.0218. The molecule has 10 heteroatoms. The summed E-state index contributed by atoms with van der Waals surface area (Å²) in [6.07, 6.45) is 0. The summed E-state index contributed by atoms with van der Waals surface area (Å²) in [5.41, 5.74) is 0.618. The predicted molar refractivity (Wildman–Crippen MR) is 105 cm³/mol. The Balaban J connectivity index is 1.72. The zero-order chi connectivity index (χ0) is 20.3. The first-order valence-corrected chi connectivity index (χ1v) is 10.4. The topological polar surface area (TPSA) is 93.0 Å². The minimum atomic E-state index is -3.83. The Bertz CT molecular complexity index is 975. The van der Waals surface area contributed by atoms with Crippen LogP contribution in [0.5, 0.6) is 5.75 Å². The Hall–Kier alpha value is -2.20. The number of nitro groups is 1. The molecule has 0 unspecified atom stereocenters. The number of methoxy groups -OCH3 is 1. The van der Waals surface area contributed by atoms with E-state index in [4.69, 9.17) is 16.3 Å². The number of benzene rings is 2. The van der Waals surface area contributed by atoms with Gasteiger partial charge in [0.25, 0.3) is 0 Å². The number of halogens is 1. The third-order valence-corrected chi connectivity index (χ3v) is 6.93. The zero-order valence-electron chi connectivity index (χ0n) is 15.2. The van der Waals surface area contributed by atoms with E-state index in [0.29, 0.717) is 37.7 Å². The molecule has 0 aliphatic carbocycles. The zero-order valence-corrected chi connectivity index (χ0v) is 16.8. The summed E-state index contributed by atoms with van der Waals surface area (Å²) in [4.78, 5) is 12.5. The summed E-state index contributed by atoms with van der Waals surface area (Å²) >= 11 is 6.19. The third kappa shape index (κ3) is 4.27. The molecule has 0 aromatic heterocycles. The van der Waals surface area contributed by atoms with E-state index in [1.54, 1.807) is 0 Å². The normalized spacial score (nSPS) is 16.1. The predicted octanol–water partition coefficient (Wildman–Crippen LogP) is 2.76. The van der Waals surface area contributed by atoms with Gasteiger partial charge in [-0.1, -0.05) is 29.8 Å². The second-order valence-corrected chi connectivity index (χ2v) is 8.71. The lowest BCUT2D eigenvalue weighted by Gasteiger charge is -2.34. The van der Waals surface area contributed by atoms with E-state index in [1.807, 2.05) is 24.3 Å². The number of nitro benzene ring substituents is 1. The number of hydrogen-bond acceptors (Lipinski definition) is 6. The van der Waals surface area contributed by atoms with E-state index in [9.17, 15) is 18.5 Å². The Morgan fingerprint density at radius 2 is 1.82 bits per heavy atom. The first-order valence-electron chi connectivity index (χ1n) is 8.61. The fourth-order valence-corrected chi connectivity index (χ4v) is 4.76. The van der Waals surface area contributed by atoms with Gasteiger partial charge in [-0.15, -0.1) is 0 Å². The standard InChI is InChI=1S/C18H20ClN3O5S/c1-27-18-7-6-15(12-17(18)22(23)24)28(25,26)21-10-8-20(9-11-21)13-14-4-2-3-5-16(14)19/h2-7,12H,8-11,13H2,1H3. The van der Waals surface area contributed by atoms with Gasteiger partial charge in [0, 0.05) is 43.8 Å². The minimum Gasteiger partial charge on any atom is -0.490 e. The lowest BCUT2D eigenvalue weighted by molar-refractivity contribution is -0.386. The average Bonchev–Trinajstić information content (AvgIpc) is 2.69. The Morgan fingerprint density at radius 1 is 1.14 bits per heavy atom. The Labute approximate surface area is 168 Å². The van der Waals surface area contributed by atoms with Gasteiger partial charge in [0.2, 0.25) is 10.0 Å². The molecule has 8 nitrogen and oxygen atoms in total. The van der Waals surface area contributed by atoms with Gasteiger partial charge < -0.3 is 4.74 Å². The van der Waals surface area contributed by atoms with Gasteiger partial charge in [-0.2, -0.15) is 4.31 Å². The van der Waals surface area contributed by atoms with Crippen molar-refractivity contribution in [1.82, 2.24) is 9.21 Å². The SMILES string of the molecule is COc1ccc(S(=O)(=O)N2CCN(Cc3ccccc3Cl)CC2)cc1[N+](=O)[O-]. The van der Waals surface area contributed by atoms with Gasteiger partial charge in [-0.05, 0) is 23.8 Å². The van der Waals surface area contributed by atoms with Crippen LogP contribution < -0.4 is 4.74 Å². The number of hydrogen-bond donors (Lipinski definition) is 0. The highest BCUT2D eigenvalue weighted by molar-refractivity contribution is 7.89. The number of nitrogens with zero attached hydrogens (tertiary/aromatic N) is 3. The third-order valence-electron chi connectivity index (χ3n) is 4.67. The monoisotopic (exact) mass is 425 g/mol. The van der Waals surface area contributed by atoms with E-state index < -0.39 is 14.9 Å². The number of rotatable bonds is 6. The van der Waals surface area contributed by atoms with E-state index in [2.05, 4.69) is 4.90 Å². The molecule has 28 heavy (non-hydrogen) atoms. The van der Waals surface area contributed by atoms with E-state index in [-0.39, 0.29) is 16.3 Å². The van der Waals surface area contributed by atoms with Crippen molar-refractivity contribution in [3.8, 4) is 5.75 Å². The van der Waals surface area contributed by atoms with E-state index >= 15 is 0 Å². The van der Waals surface area contributed by atoms with Crippen LogP contribution in [0, 0.1) is 10.1 Å². The molecule has 0 saturated carbocycles. The van der Waals surface area contributed by atoms with Crippen LogP contribution in [0.25, 0.3) is 0 Å². The summed E-state index contributed by atoms with van der Waals surface area (Å²) in [7, 11) is -2.53. The van der Waals surface area contributed by atoms with Crippen molar-refractivity contribution in [2.45, 2.75) is 11.4 Å². The van der Waals surface area contributed by atoms with Gasteiger partial charge in [-0.25, -0.2) is 8.42 Å². The van der Waals surface area contributed by atoms with E-state index in [1.165, 1.54) is 23.5 Å². The minimum absolute atomic E-state index is 0.0218. The molecule has 1 aliphatic rings. The Morgan fingerprint density at radius 3 is 2.43 bits per heavy atom. The molecule has 2 aromatic rings. The highest BCUT2D eigenvalue weighted by Crippen LogP contribution is 2.31. The molecule has 150 valence electrons. The van der Waals surface area contributed by atoms with Crippen LogP contribution in [-0.2, 0) is 16.6 Å². The molecule has 0 amide bonds. The maximum atomic E-state index is 12.9. The van der Waals surface area contributed by atoms with Crippen molar-refractivity contribution in [1.29, 1.82) is 0 Å². The molecule has 2 aromatic carbocycles. The average molecular weight is 426 g/mol.